The third kappa shape index (κ3) is 2.77. The van der Waals surface area contributed by atoms with Gasteiger partial charge >= 0.3 is 5.97 Å². The van der Waals surface area contributed by atoms with Gasteiger partial charge in [0.15, 0.2) is 0 Å². The van der Waals surface area contributed by atoms with Crippen molar-refractivity contribution in [3.8, 4) is 6.07 Å². The van der Waals surface area contributed by atoms with Crippen LogP contribution >= 0.6 is 15.9 Å². The maximum absolute atomic E-state index is 12.8. The molecule has 0 radical (unpaired) electrons. The molecule has 17 heavy (non-hydrogen) atoms. The Hall–Kier alpha value is -1.55. The number of hydrogen-bond donors (Lipinski definition) is 0. The van der Waals surface area contributed by atoms with Crippen LogP contribution in [-0.4, -0.2) is 17.6 Å². The lowest BCUT2D eigenvalue weighted by molar-refractivity contribution is 0.0513. The van der Waals surface area contributed by atoms with E-state index >= 15 is 0 Å². The number of halogens is 3. The number of pyridine rings is 1. The predicted octanol–water partition coefficient (Wildman–Crippen LogP) is 2.83. The number of carbonyl (C=O) groups is 1. The third-order valence-electron chi connectivity index (χ3n) is 1.87. The molecule has 90 valence electrons. The summed E-state index contributed by atoms with van der Waals surface area (Å²) < 4.78 is 30.4. The first-order valence-corrected chi connectivity index (χ1v) is 5.36. The van der Waals surface area contributed by atoms with Crippen molar-refractivity contribution >= 4 is 21.9 Å². The number of nitrogens with zero attached hydrogens (tertiary/aromatic N) is 2. The highest BCUT2D eigenvalue weighted by atomic mass is 79.9. The summed E-state index contributed by atoms with van der Waals surface area (Å²) in [7, 11) is 0. The number of alkyl halides is 2. The number of aromatic nitrogens is 1. The normalized spacial score (nSPS) is 10.1. The average molecular weight is 305 g/mol. The monoisotopic (exact) mass is 304 g/mol. The first-order valence-electron chi connectivity index (χ1n) is 4.56. The highest BCUT2D eigenvalue weighted by Crippen LogP contribution is 2.30. The molecule has 0 saturated carbocycles. The predicted molar refractivity (Wildman–Crippen MR) is 57.6 cm³/mol. The number of nitriles is 1. The Kier molecular flexibility index (Phi) is 4.52. The highest BCUT2D eigenvalue weighted by molar-refractivity contribution is 9.10. The summed E-state index contributed by atoms with van der Waals surface area (Å²) in [5.41, 5.74) is -1.54. The van der Waals surface area contributed by atoms with Crippen molar-refractivity contribution in [2.45, 2.75) is 13.3 Å². The molecule has 0 N–H and O–H groups in total. The van der Waals surface area contributed by atoms with E-state index in [0.29, 0.717) is 0 Å². The smallest absolute Gasteiger partial charge is 0.339 e. The van der Waals surface area contributed by atoms with Crippen molar-refractivity contribution in [3.63, 3.8) is 0 Å². The van der Waals surface area contributed by atoms with Crippen LogP contribution in [0, 0.1) is 11.3 Å². The van der Waals surface area contributed by atoms with Gasteiger partial charge < -0.3 is 4.74 Å². The topological polar surface area (TPSA) is 63.0 Å². The second-order valence-electron chi connectivity index (χ2n) is 2.88. The fraction of sp³-hybridized carbons (Fsp3) is 0.300. The molecule has 1 heterocycles. The fourth-order valence-electron chi connectivity index (χ4n) is 1.21. The van der Waals surface area contributed by atoms with E-state index in [0.717, 1.165) is 6.20 Å². The van der Waals surface area contributed by atoms with E-state index in [-0.39, 0.29) is 16.6 Å². The van der Waals surface area contributed by atoms with Gasteiger partial charge in [0.1, 0.15) is 11.8 Å². The Morgan fingerprint density at radius 2 is 2.35 bits per heavy atom. The molecule has 1 rings (SSSR count). The van der Waals surface area contributed by atoms with Crippen LogP contribution < -0.4 is 0 Å². The van der Waals surface area contributed by atoms with Crippen LogP contribution in [0.5, 0.6) is 0 Å². The molecule has 0 aliphatic rings. The summed E-state index contributed by atoms with van der Waals surface area (Å²) >= 11 is 2.94. The Bertz CT molecular complexity index is 486. The first-order chi connectivity index (χ1) is 8.02. The molecule has 0 unspecified atom stereocenters. The van der Waals surface area contributed by atoms with Gasteiger partial charge in [0, 0.05) is 6.20 Å². The SMILES string of the molecule is CCOC(=O)c1c(Br)cnc(C#N)c1C(F)F. The number of hydrogen-bond acceptors (Lipinski definition) is 4. The van der Waals surface area contributed by atoms with E-state index in [2.05, 4.69) is 25.7 Å². The molecule has 1 aromatic heterocycles. The van der Waals surface area contributed by atoms with Gasteiger partial charge in [-0.05, 0) is 22.9 Å². The number of carbonyl (C=O) groups excluding carboxylic acids is 1. The summed E-state index contributed by atoms with van der Waals surface area (Å²) in [4.78, 5) is 15.1. The quantitative estimate of drug-likeness (QED) is 0.806. The zero-order valence-corrected chi connectivity index (χ0v) is 10.3. The zero-order valence-electron chi connectivity index (χ0n) is 8.71. The maximum Gasteiger partial charge on any atom is 0.339 e. The lowest BCUT2D eigenvalue weighted by atomic mass is 10.1. The minimum absolute atomic E-state index is 0.0537. The van der Waals surface area contributed by atoms with Crippen molar-refractivity contribution in [2.24, 2.45) is 0 Å². The van der Waals surface area contributed by atoms with Gasteiger partial charge in [0.2, 0.25) is 0 Å². The fourth-order valence-corrected chi connectivity index (χ4v) is 1.69. The number of esters is 1. The van der Waals surface area contributed by atoms with E-state index in [1.807, 2.05) is 0 Å². The second kappa shape index (κ2) is 5.68. The standard InChI is InChI=1S/C10H7BrF2N2O2/c1-2-17-10(16)7-5(11)4-15-6(3-14)8(7)9(12)13/h4,9H,2H2,1H3. The molecule has 4 nitrogen and oxygen atoms in total. The number of rotatable bonds is 3. The molecule has 0 aliphatic heterocycles. The Morgan fingerprint density at radius 3 is 2.82 bits per heavy atom. The van der Waals surface area contributed by atoms with Gasteiger partial charge in [-0.25, -0.2) is 18.6 Å². The van der Waals surface area contributed by atoms with Crippen LogP contribution in [0.25, 0.3) is 0 Å². The van der Waals surface area contributed by atoms with Crippen LogP contribution in [0.3, 0.4) is 0 Å². The summed E-state index contributed by atoms with van der Waals surface area (Å²) in [6, 6.07) is 1.52. The van der Waals surface area contributed by atoms with Gasteiger partial charge in [-0.1, -0.05) is 0 Å². The molecule has 0 aromatic carbocycles. The molecule has 0 amide bonds. The molecule has 7 heteroatoms. The molecule has 0 aliphatic carbocycles. The Balaban J connectivity index is 3.45. The van der Waals surface area contributed by atoms with Crippen LogP contribution in [0.15, 0.2) is 10.7 Å². The number of ether oxygens (including phenoxy) is 1. The van der Waals surface area contributed by atoms with Crippen molar-refractivity contribution < 1.29 is 18.3 Å². The average Bonchev–Trinajstić information content (AvgIpc) is 2.28. The van der Waals surface area contributed by atoms with Crippen LogP contribution in [0.4, 0.5) is 8.78 Å². The summed E-state index contributed by atoms with van der Waals surface area (Å²) in [5, 5.41) is 8.68. The molecular formula is C10H7BrF2N2O2. The van der Waals surface area contributed by atoms with Crippen LogP contribution in [0.2, 0.25) is 0 Å². The van der Waals surface area contributed by atoms with Gasteiger partial charge in [-0.15, -0.1) is 0 Å². The summed E-state index contributed by atoms with van der Waals surface area (Å²) in [6.45, 7) is 1.61. The van der Waals surface area contributed by atoms with E-state index in [4.69, 9.17) is 5.26 Å². The minimum Gasteiger partial charge on any atom is -0.462 e. The van der Waals surface area contributed by atoms with E-state index in [1.165, 1.54) is 6.07 Å². The van der Waals surface area contributed by atoms with Crippen molar-refractivity contribution in [1.82, 2.24) is 4.98 Å². The molecular weight excluding hydrogens is 298 g/mol. The van der Waals surface area contributed by atoms with Gasteiger partial charge in [-0.2, -0.15) is 5.26 Å². The molecule has 1 aromatic rings. The van der Waals surface area contributed by atoms with Crippen LogP contribution in [-0.2, 0) is 4.74 Å². The molecule has 0 spiro atoms. The van der Waals surface area contributed by atoms with Gasteiger partial charge in [0.25, 0.3) is 6.43 Å². The van der Waals surface area contributed by atoms with Crippen molar-refractivity contribution in [2.75, 3.05) is 6.61 Å². The molecule has 0 saturated heterocycles. The maximum atomic E-state index is 12.8. The third-order valence-corrected chi connectivity index (χ3v) is 2.48. The van der Waals surface area contributed by atoms with Crippen molar-refractivity contribution in [1.29, 1.82) is 5.26 Å². The second-order valence-corrected chi connectivity index (χ2v) is 3.73. The van der Waals surface area contributed by atoms with Gasteiger partial charge in [0.05, 0.1) is 22.2 Å². The van der Waals surface area contributed by atoms with Gasteiger partial charge in [-0.3, -0.25) is 0 Å². The van der Waals surface area contributed by atoms with Crippen LogP contribution in [0.1, 0.15) is 35.0 Å². The first kappa shape index (κ1) is 13.5. The molecule has 0 atom stereocenters. The largest absolute Gasteiger partial charge is 0.462 e. The molecule has 0 bridgehead atoms. The lowest BCUT2D eigenvalue weighted by Gasteiger charge is -2.10. The van der Waals surface area contributed by atoms with E-state index in [9.17, 15) is 13.6 Å². The zero-order chi connectivity index (χ0) is 13.0. The Morgan fingerprint density at radius 1 is 1.71 bits per heavy atom. The van der Waals surface area contributed by atoms with E-state index < -0.39 is 23.7 Å². The summed E-state index contributed by atoms with van der Waals surface area (Å²) in [6.07, 6.45) is -1.86. The van der Waals surface area contributed by atoms with E-state index in [1.54, 1.807) is 6.92 Å². The minimum atomic E-state index is -2.98. The lowest BCUT2D eigenvalue weighted by Crippen LogP contribution is -2.12. The summed E-state index contributed by atoms with van der Waals surface area (Å²) in [5.74, 6) is -0.909. The highest BCUT2D eigenvalue weighted by Gasteiger charge is 2.26. The van der Waals surface area contributed by atoms with Crippen molar-refractivity contribution in [3.05, 3.63) is 27.5 Å². The molecule has 0 fully saturated rings. The Labute approximate surface area is 104 Å².